The minimum Gasteiger partial charge on any atom is -0.496 e. The zero-order valence-corrected chi connectivity index (χ0v) is 14.2. The predicted octanol–water partition coefficient (Wildman–Crippen LogP) is 3.30. The molecule has 1 aliphatic heterocycles. The molecule has 2 rings (SSSR count). The highest BCUT2D eigenvalue weighted by molar-refractivity contribution is 8.00. The Balaban J connectivity index is 2.29. The van der Waals surface area contributed by atoms with E-state index in [0.29, 0.717) is 0 Å². The first-order valence-corrected chi connectivity index (χ1v) is 9.00. The Morgan fingerprint density at radius 2 is 2.14 bits per heavy atom. The molecule has 1 saturated heterocycles. The summed E-state index contributed by atoms with van der Waals surface area (Å²) in [5.74, 6) is 2.15. The molecule has 1 heterocycles. The van der Waals surface area contributed by atoms with E-state index >= 15 is 0 Å². The molecule has 3 atom stereocenters. The highest BCUT2D eigenvalue weighted by Gasteiger charge is 2.31. The third-order valence-corrected chi connectivity index (χ3v) is 5.73. The van der Waals surface area contributed by atoms with Gasteiger partial charge in [0.25, 0.3) is 0 Å². The van der Waals surface area contributed by atoms with Crippen LogP contribution < -0.4 is 10.5 Å². The summed E-state index contributed by atoms with van der Waals surface area (Å²) in [6.07, 6.45) is 2.20. The molecule has 0 aromatic heterocycles. The number of hydrogen-bond acceptors (Lipinski definition) is 4. The predicted molar refractivity (Wildman–Crippen MR) is 92.1 cm³/mol. The van der Waals surface area contributed by atoms with Crippen LogP contribution in [0, 0.1) is 0 Å². The van der Waals surface area contributed by atoms with Crippen LogP contribution in [0.3, 0.4) is 0 Å². The molecule has 0 spiro atoms. The molecule has 4 heteroatoms. The van der Waals surface area contributed by atoms with Gasteiger partial charge in [0.2, 0.25) is 0 Å². The van der Waals surface area contributed by atoms with Gasteiger partial charge in [-0.3, -0.25) is 4.90 Å². The lowest BCUT2D eigenvalue weighted by molar-refractivity contribution is 0.170. The van der Waals surface area contributed by atoms with Crippen molar-refractivity contribution in [3.05, 3.63) is 29.8 Å². The molecule has 21 heavy (non-hydrogen) atoms. The number of ether oxygens (including phenoxy) is 1. The van der Waals surface area contributed by atoms with Crippen molar-refractivity contribution in [3.63, 3.8) is 0 Å². The van der Waals surface area contributed by atoms with Crippen molar-refractivity contribution in [1.29, 1.82) is 0 Å². The molecule has 118 valence electrons. The van der Waals surface area contributed by atoms with Crippen molar-refractivity contribution >= 4 is 11.8 Å². The fourth-order valence-corrected chi connectivity index (χ4v) is 4.28. The first-order chi connectivity index (χ1) is 10.2. The second-order valence-corrected chi connectivity index (χ2v) is 7.06. The molecule has 1 aliphatic rings. The fourth-order valence-electron chi connectivity index (χ4n) is 3.07. The SMILES string of the molecule is CCC1CN(C(c2ccccc2OC)C(N)CC)CCS1. The molecule has 3 nitrogen and oxygen atoms in total. The van der Waals surface area contributed by atoms with Gasteiger partial charge in [-0.05, 0) is 18.9 Å². The lowest BCUT2D eigenvalue weighted by atomic mass is 9.95. The van der Waals surface area contributed by atoms with E-state index in [1.807, 2.05) is 12.1 Å². The zero-order chi connectivity index (χ0) is 15.2. The summed E-state index contributed by atoms with van der Waals surface area (Å²) in [6.45, 7) is 6.68. The van der Waals surface area contributed by atoms with E-state index in [1.54, 1.807) is 7.11 Å². The van der Waals surface area contributed by atoms with Gasteiger partial charge in [-0.2, -0.15) is 11.8 Å². The second kappa shape index (κ2) is 8.06. The van der Waals surface area contributed by atoms with Crippen LogP contribution in [0.5, 0.6) is 5.75 Å². The molecule has 0 radical (unpaired) electrons. The minimum absolute atomic E-state index is 0.141. The van der Waals surface area contributed by atoms with Gasteiger partial charge in [0.15, 0.2) is 0 Å². The zero-order valence-electron chi connectivity index (χ0n) is 13.4. The lowest BCUT2D eigenvalue weighted by Crippen LogP contribution is -2.46. The Hall–Kier alpha value is -0.710. The van der Waals surface area contributed by atoms with Gasteiger partial charge in [-0.15, -0.1) is 0 Å². The van der Waals surface area contributed by atoms with Crippen molar-refractivity contribution in [3.8, 4) is 5.75 Å². The Labute approximate surface area is 133 Å². The van der Waals surface area contributed by atoms with Crippen molar-refractivity contribution < 1.29 is 4.74 Å². The number of nitrogens with zero attached hydrogens (tertiary/aromatic N) is 1. The molecule has 0 aliphatic carbocycles. The number of hydrogen-bond donors (Lipinski definition) is 1. The van der Waals surface area contributed by atoms with Gasteiger partial charge in [-0.25, -0.2) is 0 Å². The topological polar surface area (TPSA) is 38.5 Å². The molecule has 0 amide bonds. The van der Waals surface area contributed by atoms with Crippen LogP contribution in [0.25, 0.3) is 0 Å². The van der Waals surface area contributed by atoms with Gasteiger partial charge < -0.3 is 10.5 Å². The van der Waals surface area contributed by atoms with E-state index in [9.17, 15) is 0 Å². The number of thioether (sulfide) groups is 1. The van der Waals surface area contributed by atoms with Crippen molar-refractivity contribution in [1.82, 2.24) is 4.90 Å². The van der Waals surface area contributed by atoms with Crippen LogP contribution in [-0.2, 0) is 0 Å². The number of nitrogens with two attached hydrogens (primary N) is 1. The number of rotatable bonds is 6. The Bertz CT molecular complexity index is 441. The smallest absolute Gasteiger partial charge is 0.123 e. The van der Waals surface area contributed by atoms with E-state index in [2.05, 4.69) is 42.6 Å². The average molecular weight is 308 g/mol. The van der Waals surface area contributed by atoms with Gasteiger partial charge >= 0.3 is 0 Å². The van der Waals surface area contributed by atoms with Crippen molar-refractivity contribution in [2.24, 2.45) is 5.73 Å². The summed E-state index contributed by atoms with van der Waals surface area (Å²) < 4.78 is 5.58. The largest absolute Gasteiger partial charge is 0.496 e. The molecule has 1 aromatic carbocycles. The fraction of sp³-hybridized carbons (Fsp3) is 0.647. The van der Waals surface area contributed by atoms with E-state index in [1.165, 1.54) is 17.7 Å². The van der Waals surface area contributed by atoms with Crippen LogP contribution in [0.1, 0.15) is 38.3 Å². The van der Waals surface area contributed by atoms with E-state index in [0.717, 1.165) is 30.5 Å². The molecule has 1 fully saturated rings. The summed E-state index contributed by atoms with van der Waals surface area (Å²) in [4.78, 5) is 2.57. The molecule has 0 saturated carbocycles. The Morgan fingerprint density at radius 3 is 2.81 bits per heavy atom. The van der Waals surface area contributed by atoms with Gasteiger partial charge in [0, 0.05) is 35.7 Å². The molecular weight excluding hydrogens is 280 g/mol. The van der Waals surface area contributed by atoms with Crippen molar-refractivity contribution in [2.75, 3.05) is 26.0 Å². The molecule has 1 aromatic rings. The minimum atomic E-state index is 0.141. The normalized spacial score (nSPS) is 22.8. The standard InChI is InChI=1S/C17H28N2OS/c1-4-13-12-19(10-11-21-13)17(15(18)5-2)14-8-6-7-9-16(14)20-3/h6-9,13,15,17H,4-5,10-12,18H2,1-3H3. The van der Waals surface area contributed by atoms with Crippen LogP contribution in [0.15, 0.2) is 24.3 Å². The number of para-hydroxylation sites is 1. The first kappa shape index (κ1) is 16.7. The third kappa shape index (κ3) is 3.93. The maximum absolute atomic E-state index is 6.49. The monoisotopic (exact) mass is 308 g/mol. The lowest BCUT2D eigenvalue weighted by Gasteiger charge is -2.40. The Kier molecular flexibility index (Phi) is 6.40. The van der Waals surface area contributed by atoms with Crippen LogP contribution in [-0.4, -0.2) is 42.1 Å². The van der Waals surface area contributed by atoms with Gasteiger partial charge in [-0.1, -0.05) is 32.0 Å². The second-order valence-electron chi connectivity index (χ2n) is 5.65. The molecule has 0 bridgehead atoms. The Morgan fingerprint density at radius 1 is 1.38 bits per heavy atom. The van der Waals surface area contributed by atoms with E-state index in [4.69, 9.17) is 10.5 Å². The van der Waals surface area contributed by atoms with Crippen molar-refractivity contribution in [2.45, 2.75) is 44.0 Å². The summed E-state index contributed by atoms with van der Waals surface area (Å²) >= 11 is 2.10. The maximum Gasteiger partial charge on any atom is 0.123 e. The molecular formula is C17H28N2OS. The summed E-state index contributed by atoms with van der Waals surface area (Å²) in [5.41, 5.74) is 7.72. The van der Waals surface area contributed by atoms with Crippen LogP contribution >= 0.6 is 11.8 Å². The summed E-state index contributed by atoms with van der Waals surface area (Å²) in [5, 5.41) is 0.722. The molecule has 2 N–H and O–H groups in total. The quantitative estimate of drug-likeness (QED) is 0.875. The maximum atomic E-state index is 6.49. The highest BCUT2D eigenvalue weighted by atomic mass is 32.2. The van der Waals surface area contributed by atoms with E-state index < -0.39 is 0 Å². The average Bonchev–Trinajstić information content (AvgIpc) is 2.55. The first-order valence-electron chi connectivity index (χ1n) is 7.95. The number of methoxy groups -OCH3 is 1. The van der Waals surface area contributed by atoms with Gasteiger partial charge in [0.05, 0.1) is 13.2 Å². The van der Waals surface area contributed by atoms with E-state index in [-0.39, 0.29) is 12.1 Å². The highest BCUT2D eigenvalue weighted by Crippen LogP contribution is 2.35. The van der Waals surface area contributed by atoms with Gasteiger partial charge in [0.1, 0.15) is 5.75 Å². The van der Waals surface area contributed by atoms with Crippen LogP contribution in [0.4, 0.5) is 0 Å². The summed E-state index contributed by atoms with van der Waals surface area (Å²) in [7, 11) is 1.74. The summed E-state index contributed by atoms with van der Waals surface area (Å²) in [6, 6.07) is 8.71. The number of benzene rings is 1. The van der Waals surface area contributed by atoms with Crippen LogP contribution in [0.2, 0.25) is 0 Å². The third-order valence-electron chi connectivity index (χ3n) is 4.35. The molecule has 3 unspecified atom stereocenters.